The summed E-state index contributed by atoms with van der Waals surface area (Å²) in [4.78, 5) is 0. The van der Waals surface area contributed by atoms with E-state index >= 15 is 0 Å². The van der Waals surface area contributed by atoms with E-state index < -0.39 is 0 Å². The van der Waals surface area contributed by atoms with Gasteiger partial charge in [0.1, 0.15) is 0 Å². The molecule has 2 nitrogen and oxygen atoms in total. The van der Waals surface area contributed by atoms with E-state index in [9.17, 15) is 0 Å². The van der Waals surface area contributed by atoms with E-state index in [1.54, 1.807) is 11.3 Å². The monoisotopic (exact) mass is 360 g/mol. The molecule has 1 atom stereocenters. The summed E-state index contributed by atoms with van der Waals surface area (Å²) in [6.07, 6.45) is 2.32. The van der Waals surface area contributed by atoms with Gasteiger partial charge in [-0.3, -0.25) is 10.4 Å². The Morgan fingerprint density at radius 1 is 0.923 bits per heavy atom. The summed E-state index contributed by atoms with van der Waals surface area (Å²) in [6.45, 7) is 6.75. The second-order valence-corrected chi connectivity index (χ2v) is 8.51. The van der Waals surface area contributed by atoms with Crippen LogP contribution in [-0.4, -0.2) is 0 Å². The normalized spacial score (nSPS) is 17.1. The Morgan fingerprint density at radius 3 is 2.27 bits per heavy atom. The third-order valence-electron chi connectivity index (χ3n) is 4.82. The van der Waals surface area contributed by atoms with Crippen LogP contribution in [-0.2, 0) is 5.41 Å². The number of hydrogen-bond acceptors (Lipinski definition) is 3. The molecule has 0 aliphatic carbocycles. The van der Waals surface area contributed by atoms with Crippen LogP contribution in [0.3, 0.4) is 0 Å². The van der Waals surface area contributed by atoms with Crippen molar-refractivity contribution in [1.82, 2.24) is 5.43 Å². The van der Waals surface area contributed by atoms with Gasteiger partial charge in [0.2, 0.25) is 0 Å². The van der Waals surface area contributed by atoms with Gasteiger partial charge in [-0.1, -0.05) is 63.2 Å². The topological polar surface area (TPSA) is 15.3 Å². The first-order valence-corrected chi connectivity index (χ1v) is 9.92. The van der Waals surface area contributed by atoms with Gasteiger partial charge >= 0.3 is 0 Å². The van der Waals surface area contributed by atoms with Gasteiger partial charge in [-0.15, -0.1) is 0 Å². The molecule has 1 aliphatic rings. The molecule has 132 valence electrons. The molecule has 0 radical (unpaired) electrons. The predicted octanol–water partition coefficient (Wildman–Crippen LogP) is 6.15. The number of nitrogens with zero attached hydrogens (tertiary/aromatic N) is 1. The Kier molecular flexibility index (Phi) is 4.33. The van der Waals surface area contributed by atoms with Crippen LogP contribution in [0.15, 0.2) is 77.5 Å². The lowest BCUT2D eigenvalue weighted by Crippen LogP contribution is -2.33. The van der Waals surface area contributed by atoms with Gasteiger partial charge in [0.25, 0.3) is 0 Å². The van der Waals surface area contributed by atoms with Crippen molar-refractivity contribution < 1.29 is 0 Å². The molecule has 0 saturated heterocycles. The second kappa shape index (κ2) is 6.65. The lowest BCUT2D eigenvalue weighted by atomic mass is 9.86. The van der Waals surface area contributed by atoms with Gasteiger partial charge in [-0.2, -0.15) is 11.3 Å². The number of anilines is 1. The SMILES string of the molecule is CC(C)(C)c1ccc(C2=CC(c3ccsc3)N(c3ccccc3)N2)cc1. The molecule has 4 rings (SSSR count). The first-order valence-electron chi connectivity index (χ1n) is 8.98. The molecule has 2 heterocycles. The van der Waals surface area contributed by atoms with Gasteiger partial charge in [-0.25, -0.2) is 0 Å². The van der Waals surface area contributed by atoms with E-state index in [2.05, 4.69) is 109 Å². The van der Waals surface area contributed by atoms with E-state index in [1.165, 1.54) is 22.4 Å². The number of benzene rings is 2. The summed E-state index contributed by atoms with van der Waals surface area (Å²) in [5.41, 5.74) is 10.0. The highest BCUT2D eigenvalue weighted by atomic mass is 32.1. The van der Waals surface area contributed by atoms with Crippen LogP contribution >= 0.6 is 11.3 Å². The number of hydrogen-bond donors (Lipinski definition) is 1. The fraction of sp³-hybridized carbons (Fsp3) is 0.217. The summed E-state index contributed by atoms with van der Waals surface area (Å²) < 4.78 is 0. The van der Waals surface area contributed by atoms with Gasteiger partial charge in [0.15, 0.2) is 0 Å². The zero-order valence-corrected chi connectivity index (χ0v) is 16.3. The molecule has 0 amide bonds. The summed E-state index contributed by atoms with van der Waals surface area (Å²) >= 11 is 1.74. The van der Waals surface area contributed by atoms with Gasteiger partial charge < -0.3 is 0 Å². The molecule has 0 saturated carbocycles. The summed E-state index contributed by atoms with van der Waals surface area (Å²) in [7, 11) is 0. The highest BCUT2D eigenvalue weighted by Gasteiger charge is 2.27. The van der Waals surface area contributed by atoms with Gasteiger partial charge in [-0.05, 0) is 57.1 Å². The molecular weight excluding hydrogens is 336 g/mol. The van der Waals surface area contributed by atoms with Crippen LogP contribution in [0.5, 0.6) is 0 Å². The minimum Gasteiger partial charge on any atom is -0.297 e. The van der Waals surface area contributed by atoms with E-state index in [0.717, 1.165) is 5.70 Å². The summed E-state index contributed by atoms with van der Waals surface area (Å²) in [5, 5.41) is 6.61. The Balaban J connectivity index is 1.68. The summed E-state index contributed by atoms with van der Waals surface area (Å²) in [6, 6.07) is 21.8. The van der Waals surface area contributed by atoms with E-state index in [1.807, 2.05) is 0 Å². The van der Waals surface area contributed by atoms with Gasteiger partial charge in [0, 0.05) is 0 Å². The molecule has 26 heavy (non-hydrogen) atoms. The molecule has 3 aromatic rings. The maximum atomic E-state index is 3.62. The molecule has 0 spiro atoms. The van der Waals surface area contributed by atoms with Gasteiger partial charge in [0.05, 0.1) is 17.4 Å². The zero-order chi connectivity index (χ0) is 18.1. The number of hydrazine groups is 1. The van der Waals surface area contributed by atoms with Crippen molar-refractivity contribution in [3.8, 4) is 0 Å². The quantitative estimate of drug-likeness (QED) is 0.602. The first-order chi connectivity index (χ1) is 12.5. The van der Waals surface area contributed by atoms with E-state index in [4.69, 9.17) is 0 Å². The zero-order valence-electron chi connectivity index (χ0n) is 15.4. The van der Waals surface area contributed by atoms with Crippen LogP contribution in [0.4, 0.5) is 5.69 Å². The minimum absolute atomic E-state index is 0.172. The average Bonchev–Trinajstić information content (AvgIpc) is 3.31. The van der Waals surface area contributed by atoms with Crippen LogP contribution < -0.4 is 10.4 Å². The number of nitrogens with one attached hydrogen (secondary N) is 1. The van der Waals surface area contributed by atoms with E-state index in [0.29, 0.717) is 0 Å². The lowest BCUT2D eigenvalue weighted by Gasteiger charge is -2.27. The summed E-state index contributed by atoms with van der Waals surface area (Å²) in [5.74, 6) is 0. The molecule has 0 fully saturated rings. The Hall–Kier alpha value is -2.52. The fourth-order valence-corrected chi connectivity index (χ4v) is 3.97. The van der Waals surface area contributed by atoms with Crippen molar-refractivity contribution in [3.05, 3.63) is 94.2 Å². The lowest BCUT2D eigenvalue weighted by molar-refractivity contribution is 0.590. The van der Waals surface area contributed by atoms with Crippen LogP contribution in [0.25, 0.3) is 5.70 Å². The van der Waals surface area contributed by atoms with Crippen LogP contribution in [0, 0.1) is 0 Å². The smallest absolute Gasteiger partial charge is 0.0966 e. The Labute approximate surface area is 159 Å². The minimum atomic E-state index is 0.172. The largest absolute Gasteiger partial charge is 0.297 e. The maximum absolute atomic E-state index is 3.62. The molecule has 1 aromatic heterocycles. The Bertz CT molecular complexity index is 888. The second-order valence-electron chi connectivity index (χ2n) is 7.73. The standard InChI is InChI=1S/C23H24N2S/c1-23(2,3)19-11-9-17(10-12-19)21-15-22(18-13-14-26-16-18)25(24-21)20-7-5-4-6-8-20/h4-16,22,24H,1-3H3. The molecule has 2 aromatic carbocycles. The number of rotatable bonds is 3. The highest BCUT2D eigenvalue weighted by Crippen LogP contribution is 2.36. The fourth-order valence-electron chi connectivity index (χ4n) is 3.28. The molecular formula is C23H24N2S. The van der Waals surface area contributed by atoms with Crippen molar-refractivity contribution in [2.24, 2.45) is 0 Å². The molecule has 1 N–H and O–H groups in total. The molecule has 1 aliphatic heterocycles. The van der Waals surface area contributed by atoms with Crippen molar-refractivity contribution >= 4 is 22.7 Å². The number of para-hydroxylation sites is 1. The number of thiophene rings is 1. The van der Waals surface area contributed by atoms with Crippen molar-refractivity contribution in [1.29, 1.82) is 0 Å². The van der Waals surface area contributed by atoms with Crippen LogP contribution in [0.1, 0.15) is 43.5 Å². The highest BCUT2D eigenvalue weighted by molar-refractivity contribution is 7.08. The predicted molar refractivity (Wildman–Crippen MR) is 112 cm³/mol. The maximum Gasteiger partial charge on any atom is 0.0966 e. The first kappa shape index (κ1) is 16.9. The van der Waals surface area contributed by atoms with Crippen molar-refractivity contribution in [2.45, 2.75) is 32.2 Å². The molecule has 0 bridgehead atoms. The average molecular weight is 361 g/mol. The van der Waals surface area contributed by atoms with Crippen molar-refractivity contribution in [2.75, 3.05) is 5.01 Å². The van der Waals surface area contributed by atoms with Crippen LogP contribution in [0.2, 0.25) is 0 Å². The third kappa shape index (κ3) is 3.27. The third-order valence-corrected chi connectivity index (χ3v) is 5.53. The molecule has 1 unspecified atom stereocenters. The Morgan fingerprint density at radius 2 is 1.65 bits per heavy atom. The van der Waals surface area contributed by atoms with Crippen molar-refractivity contribution in [3.63, 3.8) is 0 Å². The van der Waals surface area contributed by atoms with E-state index in [-0.39, 0.29) is 11.5 Å². The molecule has 3 heteroatoms.